The summed E-state index contributed by atoms with van der Waals surface area (Å²) in [5, 5.41) is 7.63. The van der Waals surface area contributed by atoms with Crippen LogP contribution in [0.3, 0.4) is 0 Å². The van der Waals surface area contributed by atoms with Crippen molar-refractivity contribution in [1.29, 1.82) is 0 Å². The zero-order valence-electron chi connectivity index (χ0n) is 18.6. The number of nitrogens with zero attached hydrogens (tertiary/aromatic N) is 1. The van der Waals surface area contributed by atoms with Crippen LogP contribution < -0.4 is 20.3 Å². The van der Waals surface area contributed by atoms with Crippen molar-refractivity contribution in [3.8, 4) is 5.75 Å². The van der Waals surface area contributed by atoms with Gasteiger partial charge in [-0.2, -0.15) is 0 Å². The van der Waals surface area contributed by atoms with Crippen LogP contribution in [-0.2, 0) is 4.79 Å². The van der Waals surface area contributed by atoms with Gasteiger partial charge in [0, 0.05) is 16.3 Å². The Labute approximate surface area is 203 Å². The molecule has 2 aliphatic heterocycles. The Morgan fingerprint density at radius 3 is 2.58 bits per heavy atom. The second kappa shape index (κ2) is 8.04. The molecule has 3 atom stereocenters. The molecule has 5 rings (SSSR count). The van der Waals surface area contributed by atoms with E-state index in [1.54, 1.807) is 24.3 Å². The minimum absolute atomic E-state index is 0.162. The van der Waals surface area contributed by atoms with Crippen molar-refractivity contribution in [3.05, 3.63) is 88.4 Å². The Morgan fingerprint density at radius 1 is 1.09 bits per heavy atom. The minimum atomic E-state index is -1.05. The number of hydrogen-bond donors (Lipinski definition) is 2. The molecule has 0 aromatic heterocycles. The molecule has 3 aromatic rings. The number of aryl methyl sites for hydroxylation is 1. The fourth-order valence-electron chi connectivity index (χ4n) is 4.82. The van der Waals surface area contributed by atoms with Gasteiger partial charge in [0.25, 0.3) is 0 Å². The molecule has 1 amide bonds. The number of fused-ring (bicyclic) bond motifs is 4. The first-order valence-corrected chi connectivity index (χ1v) is 11.6. The van der Waals surface area contributed by atoms with E-state index in [0.717, 1.165) is 28.1 Å². The summed E-state index contributed by atoms with van der Waals surface area (Å²) in [5.74, 6) is -0.00910. The molecule has 2 heterocycles. The smallest absolute Gasteiger partial charge is 0.236 e. The van der Waals surface area contributed by atoms with Gasteiger partial charge in [-0.05, 0) is 80.5 Å². The number of benzene rings is 3. The lowest BCUT2D eigenvalue weighted by atomic mass is 9.78. The second-order valence-electron chi connectivity index (χ2n) is 8.65. The van der Waals surface area contributed by atoms with Crippen molar-refractivity contribution in [2.75, 3.05) is 10.2 Å². The van der Waals surface area contributed by atoms with Crippen LogP contribution in [0.4, 0.5) is 11.4 Å². The molecule has 33 heavy (non-hydrogen) atoms. The van der Waals surface area contributed by atoms with Gasteiger partial charge in [0.1, 0.15) is 11.7 Å². The van der Waals surface area contributed by atoms with Crippen LogP contribution in [0, 0.1) is 19.8 Å². The number of nitrogens with one attached hydrogen (secondary N) is 2. The van der Waals surface area contributed by atoms with E-state index in [0.29, 0.717) is 15.8 Å². The molecular formula is C26H24ClN3O2S. The predicted molar refractivity (Wildman–Crippen MR) is 136 cm³/mol. The summed E-state index contributed by atoms with van der Waals surface area (Å²) in [5.41, 5.74) is 3.67. The number of halogens is 1. The maximum atomic E-state index is 13.8. The van der Waals surface area contributed by atoms with Crippen LogP contribution in [0.15, 0.2) is 66.7 Å². The molecule has 168 valence electrons. The van der Waals surface area contributed by atoms with Gasteiger partial charge in [-0.1, -0.05) is 41.9 Å². The largest absolute Gasteiger partial charge is 0.467 e. The molecule has 0 radical (unpaired) electrons. The summed E-state index contributed by atoms with van der Waals surface area (Å²) >= 11 is 11.9. The first-order valence-electron chi connectivity index (χ1n) is 10.8. The Kier molecular flexibility index (Phi) is 5.30. The summed E-state index contributed by atoms with van der Waals surface area (Å²) in [6.45, 7) is 6.06. The topological polar surface area (TPSA) is 53.6 Å². The normalized spacial score (nSPS) is 23.3. The summed E-state index contributed by atoms with van der Waals surface area (Å²) in [7, 11) is 0. The minimum Gasteiger partial charge on any atom is -0.467 e. The van der Waals surface area contributed by atoms with Gasteiger partial charge in [0.15, 0.2) is 10.8 Å². The average Bonchev–Trinajstić information content (AvgIpc) is 2.77. The molecule has 5 nitrogen and oxygen atoms in total. The van der Waals surface area contributed by atoms with Crippen molar-refractivity contribution in [1.82, 2.24) is 5.32 Å². The molecule has 0 saturated carbocycles. The summed E-state index contributed by atoms with van der Waals surface area (Å²) in [6.07, 6.45) is 0. The lowest BCUT2D eigenvalue weighted by molar-refractivity contribution is -0.130. The van der Waals surface area contributed by atoms with E-state index in [4.69, 9.17) is 28.6 Å². The Bertz CT molecular complexity index is 1260. The molecule has 2 bridgehead atoms. The predicted octanol–water partition coefficient (Wildman–Crippen LogP) is 5.76. The lowest BCUT2D eigenvalue weighted by Gasteiger charge is -2.56. The summed E-state index contributed by atoms with van der Waals surface area (Å²) < 4.78 is 6.63. The highest BCUT2D eigenvalue weighted by molar-refractivity contribution is 7.80. The standard InChI is InChI=1S/C26H24ClN3O2S/c1-15-7-6-9-20(16(15)2)30-25(33)29-23-19-8-4-5-10-21(19)32-26(30,3)22(23)24(31)28-18-13-11-17(27)12-14-18/h4-14,22-23H,1-3H3,(H,28,31)(H,29,33)/t22-,23-,26-/m0/s1. The first kappa shape index (κ1) is 21.7. The molecule has 1 fully saturated rings. The van der Waals surface area contributed by atoms with E-state index in [9.17, 15) is 4.79 Å². The highest BCUT2D eigenvalue weighted by Gasteiger charge is 2.59. The van der Waals surface area contributed by atoms with Gasteiger partial charge in [-0.3, -0.25) is 9.69 Å². The third-order valence-electron chi connectivity index (χ3n) is 6.62. The Balaban J connectivity index is 1.64. The number of thiocarbonyl (C=S) groups is 1. The number of carbonyl (C=O) groups excluding carboxylic acids is 1. The first-order chi connectivity index (χ1) is 15.8. The average molecular weight is 478 g/mol. The molecule has 1 saturated heterocycles. The quantitative estimate of drug-likeness (QED) is 0.470. The highest BCUT2D eigenvalue weighted by atomic mass is 35.5. The highest BCUT2D eigenvalue weighted by Crippen LogP contribution is 2.50. The SMILES string of the molecule is Cc1cccc(N2C(=S)N[C@H]3c4ccccc4O[C@@]2(C)[C@@H]3C(=O)Nc2ccc(Cl)cc2)c1C. The van der Waals surface area contributed by atoms with Crippen LogP contribution in [0.2, 0.25) is 5.02 Å². The maximum Gasteiger partial charge on any atom is 0.236 e. The van der Waals surface area contributed by atoms with Crippen LogP contribution in [0.1, 0.15) is 29.7 Å². The summed E-state index contributed by atoms with van der Waals surface area (Å²) in [6, 6.07) is 20.6. The van der Waals surface area contributed by atoms with Crippen LogP contribution in [0.25, 0.3) is 0 Å². The molecule has 7 heteroatoms. The van der Waals surface area contributed by atoms with Gasteiger partial charge in [0.05, 0.1) is 11.7 Å². The van der Waals surface area contributed by atoms with Crippen molar-refractivity contribution >= 4 is 46.2 Å². The Hall–Kier alpha value is -3.09. The number of rotatable bonds is 3. The van der Waals surface area contributed by atoms with E-state index in [2.05, 4.69) is 30.5 Å². The van der Waals surface area contributed by atoms with Crippen LogP contribution >= 0.6 is 23.8 Å². The monoisotopic (exact) mass is 477 g/mol. The van der Waals surface area contributed by atoms with E-state index >= 15 is 0 Å². The van der Waals surface area contributed by atoms with Crippen molar-refractivity contribution in [2.45, 2.75) is 32.5 Å². The van der Waals surface area contributed by atoms with E-state index in [1.807, 2.05) is 48.2 Å². The van der Waals surface area contributed by atoms with Gasteiger partial charge in [-0.15, -0.1) is 0 Å². The summed E-state index contributed by atoms with van der Waals surface area (Å²) in [4.78, 5) is 15.7. The van der Waals surface area contributed by atoms with E-state index < -0.39 is 11.6 Å². The fourth-order valence-corrected chi connectivity index (χ4v) is 5.36. The van der Waals surface area contributed by atoms with Crippen molar-refractivity contribution < 1.29 is 9.53 Å². The molecule has 2 N–H and O–H groups in total. The van der Waals surface area contributed by atoms with Gasteiger partial charge in [0.2, 0.25) is 5.91 Å². The molecule has 2 aliphatic rings. The van der Waals surface area contributed by atoms with Crippen molar-refractivity contribution in [3.63, 3.8) is 0 Å². The third-order valence-corrected chi connectivity index (χ3v) is 7.17. The number of amides is 1. The number of ether oxygens (including phenoxy) is 1. The molecule has 0 spiro atoms. The zero-order valence-corrected chi connectivity index (χ0v) is 20.1. The van der Waals surface area contributed by atoms with Crippen molar-refractivity contribution in [2.24, 2.45) is 5.92 Å². The molecule has 0 unspecified atom stereocenters. The number of hydrogen-bond acceptors (Lipinski definition) is 3. The lowest BCUT2D eigenvalue weighted by Crippen LogP contribution is -2.72. The fraction of sp³-hybridized carbons (Fsp3) is 0.231. The number of anilines is 2. The van der Waals surface area contributed by atoms with Gasteiger partial charge in [-0.25, -0.2) is 0 Å². The zero-order chi connectivity index (χ0) is 23.3. The van der Waals surface area contributed by atoms with E-state index in [1.165, 1.54) is 0 Å². The van der Waals surface area contributed by atoms with Crippen LogP contribution in [-0.4, -0.2) is 16.7 Å². The maximum absolute atomic E-state index is 13.8. The second-order valence-corrected chi connectivity index (χ2v) is 9.47. The van der Waals surface area contributed by atoms with Gasteiger partial charge >= 0.3 is 0 Å². The molecular weight excluding hydrogens is 454 g/mol. The van der Waals surface area contributed by atoms with E-state index in [-0.39, 0.29) is 11.9 Å². The number of carbonyl (C=O) groups is 1. The van der Waals surface area contributed by atoms with Gasteiger partial charge < -0.3 is 15.4 Å². The number of para-hydroxylation sites is 1. The Morgan fingerprint density at radius 2 is 1.82 bits per heavy atom. The molecule has 0 aliphatic carbocycles. The molecule has 3 aromatic carbocycles. The third kappa shape index (κ3) is 3.54. The van der Waals surface area contributed by atoms with Crippen LogP contribution in [0.5, 0.6) is 5.75 Å².